The number of hydrogen-bond donors (Lipinski definition) is 1. The first-order valence-corrected chi connectivity index (χ1v) is 5.48. The van der Waals surface area contributed by atoms with Gasteiger partial charge in [-0.15, -0.1) is 10.2 Å². The predicted octanol–water partition coefficient (Wildman–Crippen LogP) is 2.30. The topological polar surface area (TPSA) is 47.0 Å². The molecule has 0 spiro atoms. The van der Waals surface area contributed by atoms with Crippen molar-refractivity contribution in [3.05, 3.63) is 35.1 Å². The van der Waals surface area contributed by atoms with E-state index in [9.17, 15) is 4.39 Å². The Bertz CT molecular complexity index is 457. The number of hydrogen-bond acceptors (Lipinski definition) is 5. The van der Waals surface area contributed by atoms with Gasteiger partial charge in [0, 0.05) is 7.05 Å². The van der Waals surface area contributed by atoms with E-state index in [1.165, 1.54) is 23.5 Å². The second-order valence-electron chi connectivity index (χ2n) is 2.99. The first kappa shape index (κ1) is 10.8. The van der Waals surface area contributed by atoms with E-state index in [2.05, 4.69) is 15.5 Å². The summed E-state index contributed by atoms with van der Waals surface area (Å²) in [6, 6.07) is 5.87. The van der Waals surface area contributed by atoms with Crippen LogP contribution in [0.25, 0.3) is 0 Å². The van der Waals surface area contributed by atoms with Gasteiger partial charge in [-0.25, -0.2) is 4.39 Å². The van der Waals surface area contributed by atoms with Crippen molar-refractivity contribution < 1.29 is 9.13 Å². The Morgan fingerprint density at radius 1 is 1.31 bits per heavy atom. The third-order valence-corrected chi connectivity index (χ3v) is 2.77. The van der Waals surface area contributed by atoms with Crippen LogP contribution in [0.1, 0.15) is 5.01 Å². The van der Waals surface area contributed by atoms with E-state index < -0.39 is 0 Å². The van der Waals surface area contributed by atoms with E-state index >= 15 is 0 Å². The Balaban J connectivity index is 1.94. The largest absolute Gasteiger partial charge is 0.486 e. The highest BCUT2D eigenvalue weighted by Gasteiger charge is 2.03. The van der Waals surface area contributed by atoms with Gasteiger partial charge in [0.25, 0.3) is 0 Å². The van der Waals surface area contributed by atoms with Gasteiger partial charge in [-0.1, -0.05) is 11.3 Å². The fourth-order valence-electron chi connectivity index (χ4n) is 1.09. The molecule has 1 N–H and O–H groups in total. The maximum Gasteiger partial charge on any atom is 0.205 e. The van der Waals surface area contributed by atoms with Crippen molar-refractivity contribution in [2.75, 3.05) is 12.4 Å². The van der Waals surface area contributed by atoms with Crippen LogP contribution in [-0.2, 0) is 6.61 Å². The summed E-state index contributed by atoms with van der Waals surface area (Å²) >= 11 is 1.42. The number of halogens is 1. The van der Waals surface area contributed by atoms with Crippen LogP contribution in [0, 0.1) is 5.82 Å². The number of ether oxygens (including phenoxy) is 1. The van der Waals surface area contributed by atoms with Crippen molar-refractivity contribution in [1.29, 1.82) is 0 Å². The lowest BCUT2D eigenvalue weighted by Crippen LogP contribution is -1.94. The summed E-state index contributed by atoms with van der Waals surface area (Å²) in [6.07, 6.45) is 0. The minimum absolute atomic E-state index is 0.277. The van der Waals surface area contributed by atoms with Crippen LogP contribution in [0.4, 0.5) is 9.52 Å². The van der Waals surface area contributed by atoms with E-state index in [1.54, 1.807) is 19.2 Å². The molecule has 2 aromatic rings. The third kappa shape index (κ3) is 2.66. The molecule has 0 saturated heterocycles. The fraction of sp³-hybridized carbons (Fsp3) is 0.200. The molecule has 0 radical (unpaired) electrons. The molecule has 0 amide bonds. The highest BCUT2D eigenvalue weighted by molar-refractivity contribution is 7.15. The highest BCUT2D eigenvalue weighted by atomic mass is 32.1. The molecule has 0 aliphatic carbocycles. The summed E-state index contributed by atoms with van der Waals surface area (Å²) in [7, 11) is 1.78. The van der Waals surface area contributed by atoms with Gasteiger partial charge in [-0.3, -0.25) is 0 Å². The van der Waals surface area contributed by atoms with Crippen LogP contribution in [0.15, 0.2) is 24.3 Å². The lowest BCUT2D eigenvalue weighted by atomic mass is 10.3. The van der Waals surface area contributed by atoms with Crippen molar-refractivity contribution in [3.8, 4) is 5.75 Å². The minimum atomic E-state index is -0.277. The molecule has 0 atom stereocenters. The standard InChI is InChI=1S/C10H10FN3OS/c1-12-10-14-13-9(16-10)6-15-8-4-2-7(11)3-5-8/h2-5H,6H2,1H3,(H,12,14). The number of benzene rings is 1. The van der Waals surface area contributed by atoms with Crippen LogP contribution >= 0.6 is 11.3 Å². The Hall–Kier alpha value is -1.69. The Morgan fingerprint density at radius 3 is 2.69 bits per heavy atom. The number of anilines is 1. The van der Waals surface area contributed by atoms with E-state index in [0.29, 0.717) is 12.4 Å². The molecule has 1 aromatic carbocycles. The zero-order valence-corrected chi connectivity index (χ0v) is 9.42. The fourth-order valence-corrected chi connectivity index (χ4v) is 1.70. The smallest absolute Gasteiger partial charge is 0.205 e. The number of aromatic nitrogens is 2. The summed E-state index contributed by atoms with van der Waals surface area (Å²) < 4.78 is 18.0. The molecule has 0 aliphatic rings. The van der Waals surface area contributed by atoms with E-state index in [1.807, 2.05) is 0 Å². The SMILES string of the molecule is CNc1nnc(COc2ccc(F)cc2)s1. The van der Waals surface area contributed by atoms with Crippen molar-refractivity contribution in [1.82, 2.24) is 10.2 Å². The van der Waals surface area contributed by atoms with Gasteiger partial charge in [-0.05, 0) is 24.3 Å². The lowest BCUT2D eigenvalue weighted by Gasteiger charge is -2.02. The molecule has 6 heteroatoms. The maximum atomic E-state index is 12.6. The van der Waals surface area contributed by atoms with Crippen LogP contribution in [0.5, 0.6) is 5.75 Å². The van der Waals surface area contributed by atoms with Crippen molar-refractivity contribution in [2.45, 2.75) is 6.61 Å². The Morgan fingerprint density at radius 2 is 2.06 bits per heavy atom. The van der Waals surface area contributed by atoms with Gasteiger partial charge in [0.1, 0.15) is 18.2 Å². The van der Waals surface area contributed by atoms with Gasteiger partial charge in [0.05, 0.1) is 0 Å². The molecule has 0 bridgehead atoms. The van der Waals surface area contributed by atoms with Crippen molar-refractivity contribution in [3.63, 3.8) is 0 Å². The molecule has 2 rings (SSSR count). The van der Waals surface area contributed by atoms with Crippen LogP contribution < -0.4 is 10.1 Å². The van der Waals surface area contributed by atoms with Crippen molar-refractivity contribution in [2.24, 2.45) is 0 Å². The summed E-state index contributed by atoms with van der Waals surface area (Å²) in [5.41, 5.74) is 0. The molecule has 84 valence electrons. The monoisotopic (exact) mass is 239 g/mol. The lowest BCUT2D eigenvalue weighted by molar-refractivity contribution is 0.304. The summed E-state index contributed by atoms with van der Waals surface area (Å²) in [6.45, 7) is 0.338. The molecule has 1 aromatic heterocycles. The van der Waals surface area contributed by atoms with Crippen LogP contribution in [0.2, 0.25) is 0 Å². The summed E-state index contributed by atoms with van der Waals surface area (Å²) in [5, 5.41) is 12.2. The maximum absolute atomic E-state index is 12.6. The Kier molecular flexibility index (Phi) is 3.31. The number of nitrogens with one attached hydrogen (secondary N) is 1. The molecule has 0 aliphatic heterocycles. The first-order valence-electron chi connectivity index (χ1n) is 4.66. The molecule has 0 fully saturated rings. The number of rotatable bonds is 4. The van der Waals surface area contributed by atoms with Crippen LogP contribution in [-0.4, -0.2) is 17.2 Å². The summed E-state index contributed by atoms with van der Waals surface area (Å²) in [5.74, 6) is 0.336. The molecule has 16 heavy (non-hydrogen) atoms. The quantitative estimate of drug-likeness (QED) is 0.889. The van der Waals surface area contributed by atoms with Gasteiger partial charge in [-0.2, -0.15) is 0 Å². The second-order valence-corrected chi connectivity index (χ2v) is 4.06. The average Bonchev–Trinajstić information content (AvgIpc) is 2.76. The van der Waals surface area contributed by atoms with Gasteiger partial charge in [0.2, 0.25) is 5.13 Å². The van der Waals surface area contributed by atoms with Gasteiger partial charge in [0.15, 0.2) is 5.01 Å². The van der Waals surface area contributed by atoms with Gasteiger partial charge < -0.3 is 10.1 Å². The molecule has 0 saturated carbocycles. The molecule has 0 unspecified atom stereocenters. The number of nitrogens with zero attached hydrogens (tertiary/aromatic N) is 2. The molecular weight excluding hydrogens is 229 g/mol. The summed E-state index contributed by atoms with van der Waals surface area (Å²) in [4.78, 5) is 0. The zero-order valence-electron chi connectivity index (χ0n) is 8.61. The van der Waals surface area contributed by atoms with E-state index in [0.717, 1.165) is 10.1 Å². The third-order valence-electron chi connectivity index (χ3n) is 1.86. The second kappa shape index (κ2) is 4.89. The zero-order chi connectivity index (χ0) is 11.4. The Labute approximate surface area is 96.1 Å². The van der Waals surface area contributed by atoms with Gasteiger partial charge >= 0.3 is 0 Å². The van der Waals surface area contributed by atoms with E-state index in [4.69, 9.17) is 4.74 Å². The van der Waals surface area contributed by atoms with Crippen molar-refractivity contribution >= 4 is 16.5 Å². The normalized spacial score (nSPS) is 10.1. The molecular formula is C10H10FN3OS. The van der Waals surface area contributed by atoms with Crippen LogP contribution in [0.3, 0.4) is 0 Å². The average molecular weight is 239 g/mol. The highest BCUT2D eigenvalue weighted by Crippen LogP contribution is 2.17. The minimum Gasteiger partial charge on any atom is -0.486 e. The first-order chi connectivity index (χ1) is 7.78. The van der Waals surface area contributed by atoms with E-state index in [-0.39, 0.29) is 5.82 Å². The molecule has 1 heterocycles. The predicted molar refractivity (Wildman–Crippen MR) is 60.2 cm³/mol. The molecule has 4 nitrogen and oxygen atoms in total.